The number of halogens is 4. The number of hydrogen-bond donors (Lipinski definition) is 1. The zero-order valence-electron chi connectivity index (χ0n) is 16.7. The average molecular weight is 483 g/mol. The molecule has 0 heterocycles. The summed E-state index contributed by atoms with van der Waals surface area (Å²) < 4.78 is 66.8. The van der Waals surface area contributed by atoms with Crippen LogP contribution in [0.4, 0.5) is 24.5 Å². The van der Waals surface area contributed by atoms with E-state index in [9.17, 15) is 26.4 Å². The molecule has 3 aromatic rings. The molecule has 5 nitrogen and oxygen atoms in total. The molecule has 0 saturated carbocycles. The fourth-order valence-corrected chi connectivity index (χ4v) is 4.62. The Kier molecular flexibility index (Phi) is 6.80. The Bertz CT molecular complexity index is 1230. The minimum absolute atomic E-state index is 0.159. The van der Waals surface area contributed by atoms with Crippen molar-refractivity contribution in [3.8, 4) is 0 Å². The standard InChI is InChI=1S/C22H18ClF3N2O3S/c1-15-12-17(23)10-11-20(15)27-21(29)14-28(32(30,31)19-8-3-2-4-9-19)18-7-5-6-16(13-18)22(24,25)26/h2-13H,14H2,1H3,(H,27,29). The third-order valence-electron chi connectivity index (χ3n) is 4.54. The van der Waals surface area contributed by atoms with Crippen molar-refractivity contribution in [2.24, 2.45) is 0 Å². The van der Waals surface area contributed by atoms with Crippen LogP contribution in [0.15, 0.2) is 77.7 Å². The van der Waals surface area contributed by atoms with Crippen molar-refractivity contribution in [1.82, 2.24) is 0 Å². The second-order valence-corrected chi connectivity index (χ2v) is 9.18. The topological polar surface area (TPSA) is 66.5 Å². The lowest BCUT2D eigenvalue weighted by atomic mass is 10.2. The fourth-order valence-electron chi connectivity index (χ4n) is 2.96. The summed E-state index contributed by atoms with van der Waals surface area (Å²) in [6.07, 6.45) is -4.68. The van der Waals surface area contributed by atoms with Crippen LogP contribution in [-0.4, -0.2) is 20.9 Å². The van der Waals surface area contributed by atoms with Crippen LogP contribution in [0.2, 0.25) is 5.02 Å². The SMILES string of the molecule is Cc1cc(Cl)ccc1NC(=O)CN(c1cccc(C(F)(F)F)c1)S(=O)(=O)c1ccccc1. The maximum atomic E-state index is 13.2. The van der Waals surface area contributed by atoms with Crippen molar-refractivity contribution in [3.63, 3.8) is 0 Å². The van der Waals surface area contributed by atoms with Gasteiger partial charge in [-0.15, -0.1) is 0 Å². The molecule has 0 bridgehead atoms. The molecule has 1 amide bonds. The lowest BCUT2D eigenvalue weighted by molar-refractivity contribution is -0.137. The van der Waals surface area contributed by atoms with Gasteiger partial charge in [0.15, 0.2) is 0 Å². The van der Waals surface area contributed by atoms with Gasteiger partial charge >= 0.3 is 6.18 Å². The Labute approximate surface area is 188 Å². The van der Waals surface area contributed by atoms with E-state index in [0.717, 1.165) is 12.1 Å². The highest BCUT2D eigenvalue weighted by molar-refractivity contribution is 7.92. The molecule has 0 aliphatic heterocycles. The van der Waals surface area contributed by atoms with Crippen LogP contribution in [-0.2, 0) is 21.0 Å². The van der Waals surface area contributed by atoms with Gasteiger partial charge in [-0.25, -0.2) is 8.42 Å². The van der Waals surface area contributed by atoms with Crippen molar-refractivity contribution in [2.45, 2.75) is 18.0 Å². The van der Waals surface area contributed by atoms with Crippen LogP contribution in [0.1, 0.15) is 11.1 Å². The molecule has 0 aliphatic rings. The summed E-state index contributed by atoms with van der Waals surface area (Å²) in [6.45, 7) is 0.966. The summed E-state index contributed by atoms with van der Waals surface area (Å²) >= 11 is 5.91. The molecule has 3 aromatic carbocycles. The van der Waals surface area contributed by atoms with Crippen molar-refractivity contribution in [2.75, 3.05) is 16.2 Å². The number of hydrogen-bond acceptors (Lipinski definition) is 3. The summed E-state index contributed by atoms with van der Waals surface area (Å²) in [5.74, 6) is -0.729. The van der Waals surface area contributed by atoms with E-state index in [4.69, 9.17) is 11.6 Å². The van der Waals surface area contributed by atoms with E-state index in [1.165, 1.54) is 30.3 Å². The van der Waals surface area contributed by atoms with E-state index in [0.29, 0.717) is 26.6 Å². The molecule has 0 radical (unpaired) electrons. The van der Waals surface area contributed by atoms with Crippen LogP contribution in [0.3, 0.4) is 0 Å². The lowest BCUT2D eigenvalue weighted by Crippen LogP contribution is -2.38. The van der Waals surface area contributed by atoms with Crippen LogP contribution in [0, 0.1) is 6.92 Å². The molecule has 0 aromatic heterocycles. The number of sulfonamides is 1. The number of nitrogens with one attached hydrogen (secondary N) is 1. The summed E-state index contributed by atoms with van der Waals surface area (Å²) in [5, 5.41) is 3.04. The third-order valence-corrected chi connectivity index (χ3v) is 6.57. The molecular weight excluding hydrogens is 465 g/mol. The predicted molar refractivity (Wildman–Crippen MR) is 117 cm³/mol. The van der Waals surface area contributed by atoms with E-state index < -0.39 is 34.2 Å². The molecule has 32 heavy (non-hydrogen) atoms. The van der Waals surface area contributed by atoms with Gasteiger partial charge in [0.25, 0.3) is 10.0 Å². The van der Waals surface area contributed by atoms with Crippen LogP contribution >= 0.6 is 11.6 Å². The van der Waals surface area contributed by atoms with Gasteiger partial charge in [0, 0.05) is 10.7 Å². The monoisotopic (exact) mass is 482 g/mol. The zero-order valence-corrected chi connectivity index (χ0v) is 18.3. The molecule has 0 fully saturated rings. The van der Waals surface area contributed by atoms with Crippen LogP contribution in [0.5, 0.6) is 0 Å². The minimum atomic E-state index is -4.68. The van der Waals surface area contributed by atoms with Crippen molar-refractivity contribution in [1.29, 1.82) is 0 Å². The number of rotatable bonds is 6. The fraction of sp³-hybridized carbons (Fsp3) is 0.136. The Balaban J connectivity index is 2.00. The molecule has 0 saturated heterocycles. The van der Waals surface area contributed by atoms with Gasteiger partial charge in [-0.05, 0) is 61.0 Å². The van der Waals surface area contributed by atoms with Crippen molar-refractivity contribution in [3.05, 3.63) is 88.9 Å². The highest BCUT2D eigenvalue weighted by atomic mass is 35.5. The predicted octanol–water partition coefficient (Wildman–Crippen LogP) is 5.50. The van der Waals surface area contributed by atoms with Gasteiger partial charge in [0.05, 0.1) is 16.1 Å². The average Bonchev–Trinajstić information content (AvgIpc) is 2.74. The zero-order chi connectivity index (χ0) is 23.5. The molecular formula is C22H18ClF3N2O3S. The first-order chi connectivity index (χ1) is 15.0. The van der Waals surface area contributed by atoms with E-state index >= 15 is 0 Å². The Morgan fingerprint density at radius 3 is 2.31 bits per heavy atom. The number of anilines is 2. The minimum Gasteiger partial charge on any atom is -0.324 e. The second kappa shape index (κ2) is 9.22. The number of nitrogens with zero attached hydrogens (tertiary/aromatic N) is 1. The smallest absolute Gasteiger partial charge is 0.324 e. The normalized spacial score (nSPS) is 11.8. The molecule has 0 unspecified atom stereocenters. The Morgan fingerprint density at radius 2 is 1.69 bits per heavy atom. The van der Waals surface area contributed by atoms with Gasteiger partial charge in [-0.1, -0.05) is 35.9 Å². The molecule has 3 rings (SSSR count). The van der Waals surface area contributed by atoms with Gasteiger partial charge in [-0.3, -0.25) is 9.10 Å². The summed E-state index contributed by atoms with van der Waals surface area (Å²) in [4.78, 5) is 12.6. The number of carbonyl (C=O) groups excluding carboxylic acids is 1. The number of alkyl halides is 3. The highest BCUT2D eigenvalue weighted by Gasteiger charge is 2.33. The molecule has 0 atom stereocenters. The lowest BCUT2D eigenvalue weighted by Gasteiger charge is -2.25. The van der Waals surface area contributed by atoms with Gasteiger partial charge < -0.3 is 5.32 Å². The van der Waals surface area contributed by atoms with E-state index in [1.54, 1.807) is 31.2 Å². The van der Waals surface area contributed by atoms with Crippen molar-refractivity contribution < 1.29 is 26.4 Å². The number of carbonyl (C=O) groups is 1. The Hall–Kier alpha value is -3.04. The highest BCUT2D eigenvalue weighted by Crippen LogP contribution is 2.33. The number of aryl methyl sites for hydroxylation is 1. The van der Waals surface area contributed by atoms with E-state index in [-0.39, 0.29) is 10.6 Å². The largest absolute Gasteiger partial charge is 0.416 e. The number of amides is 1. The van der Waals surface area contributed by atoms with Gasteiger partial charge in [-0.2, -0.15) is 13.2 Å². The van der Waals surface area contributed by atoms with Gasteiger partial charge in [0.1, 0.15) is 6.54 Å². The van der Waals surface area contributed by atoms with Crippen LogP contribution < -0.4 is 9.62 Å². The molecule has 168 valence electrons. The summed E-state index contributed by atoms with van der Waals surface area (Å²) in [7, 11) is -4.34. The Morgan fingerprint density at radius 1 is 1.00 bits per heavy atom. The first-order valence-corrected chi connectivity index (χ1v) is 11.1. The second-order valence-electron chi connectivity index (χ2n) is 6.88. The van der Waals surface area contributed by atoms with Crippen LogP contribution in [0.25, 0.3) is 0 Å². The summed E-state index contributed by atoms with van der Waals surface area (Å²) in [6, 6.07) is 15.7. The first kappa shape index (κ1) is 23.6. The van der Waals surface area contributed by atoms with Crippen molar-refractivity contribution >= 4 is 38.9 Å². The molecule has 10 heteroatoms. The van der Waals surface area contributed by atoms with Gasteiger partial charge in [0.2, 0.25) is 5.91 Å². The third kappa shape index (κ3) is 5.41. The quantitative estimate of drug-likeness (QED) is 0.504. The molecule has 0 spiro atoms. The number of benzene rings is 3. The van der Waals surface area contributed by atoms with E-state index in [2.05, 4.69) is 5.32 Å². The first-order valence-electron chi connectivity index (χ1n) is 9.29. The molecule has 1 N–H and O–H groups in total. The summed E-state index contributed by atoms with van der Waals surface area (Å²) in [5.41, 5.74) is -0.272. The molecule has 0 aliphatic carbocycles. The maximum Gasteiger partial charge on any atom is 0.416 e. The van der Waals surface area contributed by atoms with E-state index in [1.807, 2.05) is 0 Å². The maximum absolute atomic E-state index is 13.2.